The van der Waals surface area contributed by atoms with Crippen LogP contribution in [0, 0.1) is 0 Å². The number of nitrogens with one attached hydrogen (secondary N) is 1. The molecule has 0 aliphatic carbocycles. The van der Waals surface area contributed by atoms with Crippen molar-refractivity contribution in [3.05, 3.63) is 64.9 Å². The van der Waals surface area contributed by atoms with Crippen LogP contribution in [-0.2, 0) is 0 Å². The Hall–Kier alpha value is -1.81. The maximum absolute atomic E-state index is 4.29. The van der Waals surface area contributed by atoms with Gasteiger partial charge in [0.05, 0.1) is 0 Å². The highest BCUT2D eigenvalue weighted by molar-refractivity contribution is 9.10. The lowest BCUT2D eigenvalue weighted by molar-refractivity contribution is 0.868. The van der Waals surface area contributed by atoms with E-state index in [1.165, 1.54) is 5.56 Å². The summed E-state index contributed by atoms with van der Waals surface area (Å²) in [5.41, 5.74) is 2.20. The predicted molar refractivity (Wildman–Crippen MR) is 81.4 cm³/mol. The highest BCUT2D eigenvalue weighted by atomic mass is 79.9. The summed E-state index contributed by atoms with van der Waals surface area (Å²) < 4.78 is 3.15. The zero-order valence-electron chi connectivity index (χ0n) is 10.5. The Labute approximate surface area is 120 Å². The zero-order valence-corrected chi connectivity index (χ0v) is 12.1. The largest absolute Gasteiger partial charge is 0.365 e. The molecule has 3 rings (SSSR count). The molecule has 0 saturated carbocycles. The number of aromatic nitrogens is 2. The Balaban J connectivity index is 1.88. The molecular formula is C15H14BrN3. The Bertz CT molecular complexity index is 688. The van der Waals surface area contributed by atoms with Gasteiger partial charge in [-0.15, -0.1) is 0 Å². The molecule has 1 aromatic carbocycles. The van der Waals surface area contributed by atoms with Crippen molar-refractivity contribution in [1.29, 1.82) is 0 Å². The number of rotatable bonds is 3. The molecule has 0 aliphatic rings. The van der Waals surface area contributed by atoms with Gasteiger partial charge in [-0.1, -0.05) is 34.1 Å². The first-order valence-electron chi connectivity index (χ1n) is 6.18. The van der Waals surface area contributed by atoms with Gasteiger partial charge in [0, 0.05) is 22.9 Å². The molecule has 1 N–H and O–H groups in total. The third-order valence-corrected chi connectivity index (χ3v) is 3.69. The first-order chi connectivity index (χ1) is 9.24. The third-order valence-electron chi connectivity index (χ3n) is 3.16. The van der Waals surface area contributed by atoms with Crippen LogP contribution in [0.15, 0.2) is 59.3 Å². The van der Waals surface area contributed by atoms with Gasteiger partial charge >= 0.3 is 0 Å². The second-order valence-electron chi connectivity index (χ2n) is 4.48. The number of halogens is 1. The molecule has 0 aliphatic heterocycles. The van der Waals surface area contributed by atoms with Crippen molar-refractivity contribution in [2.24, 2.45) is 0 Å². The first kappa shape index (κ1) is 12.2. The van der Waals surface area contributed by atoms with E-state index >= 15 is 0 Å². The number of anilines is 1. The quantitative estimate of drug-likeness (QED) is 0.782. The SMILES string of the molecule is CC(Nc1cccc2nccn12)c1ccc(Br)cc1. The van der Waals surface area contributed by atoms with Crippen LogP contribution in [-0.4, -0.2) is 9.38 Å². The summed E-state index contributed by atoms with van der Waals surface area (Å²) in [6.07, 6.45) is 3.77. The van der Waals surface area contributed by atoms with E-state index in [1.54, 1.807) is 0 Å². The Morgan fingerprint density at radius 3 is 2.74 bits per heavy atom. The van der Waals surface area contributed by atoms with Crippen molar-refractivity contribution in [1.82, 2.24) is 9.38 Å². The maximum atomic E-state index is 4.29. The van der Waals surface area contributed by atoms with Crippen LogP contribution < -0.4 is 5.32 Å². The maximum Gasteiger partial charge on any atom is 0.138 e. The molecule has 0 radical (unpaired) electrons. The number of imidazole rings is 1. The second-order valence-corrected chi connectivity index (χ2v) is 5.40. The molecule has 0 bridgehead atoms. The highest BCUT2D eigenvalue weighted by Crippen LogP contribution is 2.21. The van der Waals surface area contributed by atoms with E-state index in [0.29, 0.717) is 0 Å². The fourth-order valence-electron chi connectivity index (χ4n) is 2.12. The second kappa shape index (κ2) is 5.05. The van der Waals surface area contributed by atoms with Crippen LogP contribution in [0.1, 0.15) is 18.5 Å². The molecule has 96 valence electrons. The summed E-state index contributed by atoms with van der Waals surface area (Å²) in [7, 11) is 0. The van der Waals surface area contributed by atoms with Crippen molar-refractivity contribution in [2.45, 2.75) is 13.0 Å². The molecule has 1 atom stereocenters. The highest BCUT2D eigenvalue weighted by Gasteiger charge is 2.07. The molecule has 2 aromatic heterocycles. The number of pyridine rings is 1. The van der Waals surface area contributed by atoms with Crippen molar-refractivity contribution >= 4 is 27.4 Å². The number of benzene rings is 1. The van der Waals surface area contributed by atoms with Gasteiger partial charge < -0.3 is 5.32 Å². The van der Waals surface area contributed by atoms with Crippen LogP contribution in [0.3, 0.4) is 0 Å². The van der Waals surface area contributed by atoms with Gasteiger partial charge in [-0.05, 0) is 36.8 Å². The fraction of sp³-hybridized carbons (Fsp3) is 0.133. The topological polar surface area (TPSA) is 29.3 Å². The molecule has 0 amide bonds. The number of fused-ring (bicyclic) bond motifs is 1. The van der Waals surface area contributed by atoms with Crippen molar-refractivity contribution < 1.29 is 0 Å². The van der Waals surface area contributed by atoms with Crippen LogP contribution in [0.5, 0.6) is 0 Å². The third kappa shape index (κ3) is 2.49. The molecular weight excluding hydrogens is 302 g/mol. The van der Waals surface area contributed by atoms with E-state index in [0.717, 1.165) is 15.9 Å². The van der Waals surface area contributed by atoms with Gasteiger partial charge in [-0.2, -0.15) is 0 Å². The average Bonchev–Trinajstić information content (AvgIpc) is 2.89. The van der Waals surface area contributed by atoms with Crippen LogP contribution in [0.25, 0.3) is 5.65 Å². The minimum Gasteiger partial charge on any atom is -0.365 e. The van der Waals surface area contributed by atoms with Gasteiger partial charge in [0.25, 0.3) is 0 Å². The normalized spacial score (nSPS) is 12.5. The summed E-state index contributed by atoms with van der Waals surface area (Å²) in [5, 5.41) is 3.51. The minimum absolute atomic E-state index is 0.237. The van der Waals surface area contributed by atoms with E-state index in [9.17, 15) is 0 Å². The molecule has 2 heterocycles. The summed E-state index contributed by atoms with van der Waals surface area (Å²) in [6.45, 7) is 2.15. The smallest absolute Gasteiger partial charge is 0.138 e. The van der Waals surface area contributed by atoms with Gasteiger partial charge in [-0.25, -0.2) is 4.98 Å². The van der Waals surface area contributed by atoms with Gasteiger partial charge in [-0.3, -0.25) is 4.40 Å². The average molecular weight is 316 g/mol. The number of nitrogens with zero attached hydrogens (tertiary/aromatic N) is 2. The van der Waals surface area contributed by atoms with Crippen LogP contribution >= 0.6 is 15.9 Å². The molecule has 19 heavy (non-hydrogen) atoms. The Morgan fingerprint density at radius 2 is 1.95 bits per heavy atom. The molecule has 3 aromatic rings. The predicted octanol–water partition coefficient (Wildman–Crippen LogP) is 4.27. The van der Waals surface area contributed by atoms with Crippen molar-refractivity contribution in [3.8, 4) is 0 Å². The van der Waals surface area contributed by atoms with E-state index < -0.39 is 0 Å². The summed E-state index contributed by atoms with van der Waals surface area (Å²) in [4.78, 5) is 4.29. The summed E-state index contributed by atoms with van der Waals surface area (Å²) in [6, 6.07) is 14.7. The summed E-state index contributed by atoms with van der Waals surface area (Å²) in [5.74, 6) is 1.05. The molecule has 0 saturated heterocycles. The van der Waals surface area contributed by atoms with Crippen LogP contribution in [0.2, 0.25) is 0 Å². The lowest BCUT2D eigenvalue weighted by atomic mass is 10.1. The fourth-order valence-corrected chi connectivity index (χ4v) is 2.39. The number of hydrogen-bond acceptors (Lipinski definition) is 2. The minimum atomic E-state index is 0.237. The van der Waals surface area contributed by atoms with E-state index in [4.69, 9.17) is 0 Å². The lowest BCUT2D eigenvalue weighted by Crippen LogP contribution is -2.09. The van der Waals surface area contributed by atoms with Crippen molar-refractivity contribution in [2.75, 3.05) is 5.32 Å². The molecule has 3 nitrogen and oxygen atoms in total. The zero-order chi connectivity index (χ0) is 13.2. The number of hydrogen-bond donors (Lipinski definition) is 1. The summed E-state index contributed by atoms with van der Waals surface area (Å²) >= 11 is 3.46. The molecule has 0 fully saturated rings. The monoisotopic (exact) mass is 315 g/mol. The van der Waals surface area contributed by atoms with Gasteiger partial charge in [0.1, 0.15) is 11.5 Å². The van der Waals surface area contributed by atoms with E-state index in [1.807, 2.05) is 24.5 Å². The van der Waals surface area contributed by atoms with Crippen LogP contribution in [0.4, 0.5) is 5.82 Å². The molecule has 1 unspecified atom stereocenters. The molecule has 4 heteroatoms. The van der Waals surface area contributed by atoms with Gasteiger partial charge in [0.15, 0.2) is 0 Å². The van der Waals surface area contributed by atoms with Gasteiger partial charge in [0.2, 0.25) is 0 Å². The van der Waals surface area contributed by atoms with E-state index in [2.05, 4.69) is 67.9 Å². The van der Waals surface area contributed by atoms with Crippen molar-refractivity contribution in [3.63, 3.8) is 0 Å². The first-order valence-corrected chi connectivity index (χ1v) is 6.97. The standard InChI is InChI=1S/C15H14BrN3/c1-11(12-5-7-13(16)8-6-12)18-15-4-2-3-14-17-9-10-19(14)15/h2-11,18H,1H3. The molecule has 0 spiro atoms. The Kier molecular flexibility index (Phi) is 3.25. The lowest BCUT2D eigenvalue weighted by Gasteiger charge is -2.17. The Morgan fingerprint density at radius 1 is 1.16 bits per heavy atom. The van der Waals surface area contributed by atoms with E-state index in [-0.39, 0.29) is 6.04 Å².